The van der Waals surface area contributed by atoms with Crippen LogP contribution in [0.2, 0.25) is 0 Å². The van der Waals surface area contributed by atoms with Crippen LogP contribution in [0.25, 0.3) is 0 Å². The molecule has 6 heteroatoms. The Morgan fingerprint density at radius 2 is 1.84 bits per heavy atom. The van der Waals surface area contributed by atoms with Crippen molar-refractivity contribution in [2.24, 2.45) is 0 Å². The molecule has 2 rings (SSSR count). The van der Waals surface area contributed by atoms with Crippen LogP contribution in [0, 0.1) is 24.5 Å². The lowest BCUT2D eigenvalue weighted by Crippen LogP contribution is -2.30. The number of thiocyanates is 1. The number of para-hydroxylation sites is 1. The molecule has 0 fully saturated rings. The number of nitrogens with one attached hydrogen (secondary N) is 2. The summed E-state index contributed by atoms with van der Waals surface area (Å²) in [5.41, 5.74) is 2.92. The lowest BCUT2D eigenvalue weighted by molar-refractivity contribution is 0.250. The van der Waals surface area contributed by atoms with E-state index in [2.05, 4.69) is 10.6 Å². The van der Waals surface area contributed by atoms with Gasteiger partial charge < -0.3 is 15.4 Å². The van der Waals surface area contributed by atoms with E-state index in [1.807, 2.05) is 37.4 Å². The summed E-state index contributed by atoms with van der Waals surface area (Å²) >= 11 is 1.09. The summed E-state index contributed by atoms with van der Waals surface area (Å²) in [5, 5.41) is 16.2. The smallest absolute Gasteiger partial charge is 0.319 e. The fraction of sp³-hybridized carbons (Fsp3) is 0.263. The Bertz CT molecular complexity index is 734. The molecule has 2 amide bonds. The molecule has 0 unspecified atom stereocenters. The predicted octanol–water partition coefficient (Wildman–Crippen LogP) is 4.47. The summed E-state index contributed by atoms with van der Waals surface area (Å²) in [6, 6.07) is 12.9. The molecule has 0 bridgehead atoms. The third kappa shape index (κ3) is 6.05. The number of carbonyl (C=O) groups excluding carboxylic acids is 1. The summed E-state index contributed by atoms with van der Waals surface area (Å²) in [4.78, 5) is 12.7. The second-order valence-corrected chi connectivity index (χ2v) is 6.38. The van der Waals surface area contributed by atoms with Crippen molar-refractivity contribution >= 4 is 23.5 Å². The molecule has 0 aliphatic heterocycles. The van der Waals surface area contributed by atoms with Gasteiger partial charge in [0, 0.05) is 17.1 Å². The molecule has 0 saturated carbocycles. The summed E-state index contributed by atoms with van der Waals surface area (Å²) in [7, 11) is 0. The first-order valence-corrected chi connectivity index (χ1v) is 8.81. The maximum absolute atomic E-state index is 11.8. The van der Waals surface area contributed by atoms with Crippen LogP contribution in [0.4, 0.5) is 10.5 Å². The molecule has 2 aromatic carbocycles. The predicted molar refractivity (Wildman–Crippen MR) is 101 cm³/mol. The maximum Gasteiger partial charge on any atom is 0.319 e. The lowest BCUT2D eigenvalue weighted by Gasteiger charge is -2.12. The minimum atomic E-state index is -0.257. The fourth-order valence-electron chi connectivity index (χ4n) is 2.31. The van der Waals surface area contributed by atoms with E-state index in [0.717, 1.165) is 40.0 Å². The van der Waals surface area contributed by atoms with Gasteiger partial charge in [-0.1, -0.05) is 18.2 Å². The molecule has 0 aliphatic carbocycles. The first-order valence-electron chi connectivity index (χ1n) is 8.00. The van der Waals surface area contributed by atoms with E-state index >= 15 is 0 Å². The third-order valence-corrected chi connectivity index (χ3v) is 4.14. The fourth-order valence-corrected chi connectivity index (χ4v) is 2.69. The quantitative estimate of drug-likeness (QED) is 0.437. The first kappa shape index (κ1) is 18.7. The average molecular weight is 355 g/mol. The van der Waals surface area contributed by atoms with Crippen LogP contribution < -0.4 is 15.4 Å². The summed E-state index contributed by atoms with van der Waals surface area (Å²) < 4.78 is 5.80. The SMILES string of the molecule is Cc1cccc(C)c1OCCCNC(=O)Nc1ccc(SC#N)cc1. The molecule has 5 nitrogen and oxygen atoms in total. The maximum atomic E-state index is 11.8. The van der Waals surface area contributed by atoms with Crippen LogP contribution >= 0.6 is 11.8 Å². The van der Waals surface area contributed by atoms with Gasteiger partial charge in [0.05, 0.1) is 6.61 Å². The average Bonchev–Trinajstić information content (AvgIpc) is 2.59. The molecule has 0 radical (unpaired) electrons. The van der Waals surface area contributed by atoms with E-state index in [0.29, 0.717) is 18.8 Å². The Hall–Kier alpha value is -2.65. The Morgan fingerprint density at radius 1 is 1.16 bits per heavy atom. The van der Waals surface area contributed by atoms with Crippen LogP contribution in [-0.4, -0.2) is 19.2 Å². The molecule has 25 heavy (non-hydrogen) atoms. The second-order valence-electron chi connectivity index (χ2n) is 5.52. The van der Waals surface area contributed by atoms with E-state index in [9.17, 15) is 4.79 Å². The van der Waals surface area contributed by atoms with Gasteiger partial charge in [-0.3, -0.25) is 0 Å². The standard InChI is InChI=1S/C19H21N3O2S/c1-14-5-3-6-15(2)18(14)24-12-4-11-21-19(23)22-16-7-9-17(10-8-16)25-13-20/h3,5-10H,4,11-12H2,1-2H3,(H2,21,22,23). The van der Waals surface area contributed by atoms with Gasteiger partial charge in [0.1, 0.15) is 11.2 Å². The van der Waals surface area contributed by atoms with Gasteiger partial charge in [-0.25, -0.2) is 4.79 Å². The highest BCUT2D eigenvalue weighted by atomic mass is 32.2. The number of amides is 2. The molecule has 0 aromatic heterocycles. The number of aryl methyl sites for hydroxylation is 2. The first-order chi connectivity index (χ1) is 12.1. The van der Waals surface area contributed by atoms with Gasteiger partial charge >= 0.3 is 6.03 Å². The number of nitriles is 1. The van der Waals surface area contributed by atoms with Crippen LogP contribution in [0.15, 0.2) is 47.4 Å². The normalized spacial score (nSPS) is 9.96. The number of anilines is 1. The van der Waals surface area contributed by atoms with Gasteiger partial charge in [0.2, 0.25) is 0 Å². The third-order valence-electron chi connectivity index (χ3n) is 3.54. The van der Waals surface area contributed by atoms with Crippen molar-refractivity contribution in [3.63, 3.8) is 0 Å². The van der Waals surface area contributed by atoms with Crippen LogP contribution in [0.5, 0.6) is 5.75 Å². The minimum Gasteiger partial charge on any atom is -0.493 e. The van der Waals surface area contributed by atoms with Crippen molar-refractivity contribution in [3.8, 4) is 11.2 Å². The molecule has 0 spiro atoms. The molecule has 0 aliphatic rings. The Morgan fingerprint density at radius 3 is 2.48 bits per heavy atom. The Balaban J connectivity index is 1.68. The van der Waals surface area contributed by atoms with Gasteiger partial charge in [-0.05, 0) is 67.4 Å². The van der Waals surface area contributed by atoms with Gasteiger partial charge in [-0.2, -0.15) is 5.26 Å². The topological polar surface area (TPSA) is 74.2 Å². The van der Waals surface area contributed by atoms with Crippen LogP contribution in [-0.2, 0) is 0 Å². The summed E-state index contributed by atoms with van der Waals surface area (Å²) in [6.07, 6.45) is 0.721. The Kier molecular flexibility index (Phi) is 7.17. The van der Waals surface area contributed by atoms with Crippen LogP contribution in [0.1, 0.15) is 17.5 Å². The van der Waals surface area contributed by atoms with Crippen molar-refractivity contribution in [3.05, 3.63) is 53.6 Å². The van der Waals surface area contributed by atoms with Crippen molar-refractivity contribution < 1.29 is 9.53 Å². The zero-order valence-electron chi connectivity index (χ0n) is 14.3. The molecule has 130 valence electrons. The molecule has 2 aromatic rings. The van der Waals surface area contributed by atoms with Crippen LogP contribution in [0.3, 0.4) is 0 Å². The van der Waals surface area contributed by atoms with Crippen molar-refractivity contribution in [1.82, 2.24) is 5.32 Å². The number of benzene rings is 2. The number of urea groups is 1. The molecular weight excluding hydrogens is 334 g/mol. The lowest BCUT2D eigenvalue weighted by atomic mass is 10.1. The van der Waals surface area contributed by atoms with Crippen molar-refractivity contribution in [2.45, 2.75) is 25.2 Å². The van der Waals surface area contributed by atoms with E-state index in [1.54, 1.807) is 24.3 Å². The largest absolute Gasteiger partial charge is 0.493 e. The minimum absolute atomic E-state index is 0.257. The number of carbonyl (C=O) groups is 1. The zero-order chi connectivity index (χ0) is 18.1. The molecular formula is C19H21N3O2S. The molecule has 2 N–H and O–H groups in total. The van der Waals surface area contributed by atoms with Gasteiger partial charge in [-0.15, -0.1) is 0 Å². The van der Waals surface area contributed by atoms with E-state index in [4.69, 9.17) is 10.00 Å². The van der Waals surface area contributed by atoms with Gasteiger partial charge in [0.25, 0.3) is 0 Å². The summed E-state index contributed by atoms with van der Waals surface area (Å²) in [6.45, 7) is 5.12. The van der Waals surface area contributed by atoms with Crippen molar-refractivity contribution in [2.75, 3.05) is 18.5 Å². The monoisotopic (exact) mass is 355 g/mol. The molecule has 0 saturated heterocycles. The number of hydrogen-bond acceptors (Lipinski definition) is 4. The highest BCUT2D eigenvalue weighted by molar-refractivity contribution is 8.03. The number of thioether (sulfide) groups is 1. The van der Waals surface area contributed by atoms with Gasteiger partial charge in [0.15, 0.2) is 0 Å². The zero-order valence-corrected chi connectivity index (χ0v) is 15.2. The summed E-state index contributed by atoms with van der Waals surface area (Å²) in [5.74, 6) is 0.919. The highest BCUT2D eigenvalue weighted by Crippen LogP contribution is 2.22. The van der Waals surface area contributed by atoms with E-state index in [-0.39, 0.29) is 6.03 Å². The molecule has 0 atom stereocenters. The number of ether oxygens (including phenoxy) is 1. The Labute approximate surface area is 152 Å². The molecule has 0 heterocycles. The number of nitrogens with zero attached hydrogens (tertiary/aromatic N) is 1. The number of hydrogen-bond donors (Lipinski definition) is 2. The van der Waals surface area contributed by atoms with Crippen molar-refractivity contribution in [1.29, 1.82) is 5.26 Å². The van der Waals surface area contributed by atoms with E-state index < -0.39 is 0 Å². The number of rotatable bonds is 7. The second kappa shape index (κ2) is 9.60. The van der Waals surface area contributed by atoms with E-state index in [1.165, 1.54) is 0 Å². The highest BCUT2D eigenvalue weighted by Gasteiger charge is 2.04.